The van der Waals surface area contributed by atoms with Crippen molar-refractivity contribution in [1.82, 2.24) is 0 Å². The van der Waals surface area contributed by atoms with Gasteiger partial charge in [0.05, 0.1) is 0 Å². The van der Waals surface area contributed by atoms with Crippen LogP contribution in [0.5, 0.6) is 5.75 Å². The van der Waals surface area contributed by atoms with Crippen LogP contribution in [0.2, 0.25) is 0 Å². The molecular formula is C9H12OS. The summed E-state index contributed by atoms with van der Waals surface area (Å²) in [5.41, 5.74) is 1.98. The molecule has 60 valence electrons. The standard InChI is InChI=1S/C9H12OS/c1-3-7-5-8(10)6(2)4-9(7)11/h4-5,10-11H,3H2,1-2H3. The Bertz CT molecular complexity index is 269. The zero-order valence-corrected chi connectivity index (χ0v) is 7.65. The fourth-order valence-corrected chi connectivity index (χ4v) is 1.42. The topological polar surface area (TPSA) is 20.2 Å². The molecule has 0 bridgehead atoms. The van der Waals surface area contributed by atoms with Crippen LogP contribution in [0.4, 0.5) is 0 Å². The van der Waals surface area contributed by atoms with E-state index in [1.807, 2.05) is 19.9 Å². The number of phenolic OH excluding ortho intramolecular Hbond substituents is 1. The third kappa shape index (κ3) is 1.69. The molecule has 0 aromatic heterocycles. The molecule has 11 heavy (non-hydrogen) atoms. The van der Waals surface area contributed by atoms with E-state index in [2.05, 4.69) is 12.6 Å². The minimum Gasteiger partial charge on any atom is -0.508 e. The van der Waals surface area contributed by atoms with Gasteiger partial charge in [0.25, 0.3) is 0 Å². The molecule has 1 aromatic carbocycles. The predicted octanol–water partition coefficient (Wildman–Crippen LogP) is 2.55. The van der Waals surface area contributed by atoms with Crippen LogP contribution in [0.25, 0.3) is 0 Å². The molecular weight excluding hydrogens is 156 g/mol. The minimum atomic E-state index is 0.361. The van der Waals surface area contributed by atoms with Gasteiger partial charge in [-0.25, -0.2) is 0 Å². The van der Waals surface area contributed by atoms with E-state index in [4.69, 9.17) is 0 Å². The van der Waals surface area contributed by atoms with E-state index in [0.717, 1.165) is 22.4 Å². The van der Waals surface area contributed by atoms with Gasteiger partial charge < -0.3 is 5.11 Å². The third-order valence-corrected chi connectivity index (χ3v) is 2.19. The lowest BCUT2D eigenvalue weighted by molar-refractivity contribution is 0.469. The van der Waals surface area contributed by atoms with Gasteiger partial charge in [-0.05, 0) is 36.6 Å². The molecule has 0 aliphatic rings. The van der Waals surface area contributed by atoms with Crippen LogP contribution in [-0.2, 0) is 6.42 Å². The summed E-state index contributed by atoms with van der Waals surface area (Å²) in [6.07, 6.45) is 0.909. The predicted molar refractivity (Wildman–Crippen MR) is 49.5 cm³/mol. The molecule has 1 aromatic rings. The Hall–Kier alpha value is -0.630. The number of phenols is 1. The van der Waals surface area contributed by atoms with Crippen molar-refractivity contribution in [2.24, 2.45) is 0 Å². The van der Waals surface area contributed by atoms with Gasteiger partial charge in [0.15, 0.2) is 0 Å². The van der Waals surface area contributed by atoms with Crippen molar-refractivity contribution in [2.75, 3.05) is 0 Å². The first-order valence-corrected chi connectivity index (χ1v) is 4.11. The summed E-state index contributed by atoms with van der Waals surface area (Å²) in [5, 5.41) is 9.32. The molecule has 2 heteroatoms. The fourth-order valence-electron chi connectivity index (χ4n) is 1.01. The highest BCUT2D eigenvalue weighted by molar-refractivity contribution is 7.80. The Morgan fingerprint density at radius 2 is 2.09 bits per heavy atom. The van der Waals surface area contributed by atoms with Crippen LogP contribution < -0.4 is 0 Å². The Balaban J connectivity index is 3.21. The van der Waals surface area contributed by atoms with Crippen molar-refractivity contribution in [3.05, 3.63) is 23.3 Å². The fraction of sp³-hybridized carbons (Fsp3) is 0.333. The Kier molecular flexibility index (Phi) is 2.45. The summed E-state index contributed by atoms with van der Waals surface area (Å²) in [6.45, 7) is 3.92. The molecule has 1 N–H and O–H groups in total. The number of aryl methyl sites for hydroxylation is 2. The van der Waals surface area contributed by atoms with E-state index >= 15 is 0 Å². The molecule has 1 rings (SSSR count). The monoisotopic (exact) mass is 168 g/mol. The minimum absolute atomic E-state index is 0.361. The van der Waals surface area contributed by atoms with Crippen molar-refractivity contribution < 1.29 is 5.11 Å². The summed E-state index contributed by atoms with van der Waals surface area (Å²) >= 11 is 4.28. The highest BCUT2D eigenvalue weighted by Crippen LogP contribution is 2.24. The average molecular weight is 168 g/mol. The SMILES string of the molecule is CCc1cc(O)c(C)cc1S. The smallest absolute Gasteiger partial charge is 0.118 e. The molecule has 0 aliphatic heterocycles. The van der Waals surface area contributed by atoms with Crippen LogP contribution in [0, 0.1) is 6.92 Å². The number of hydrogen-bond donors (Lipinski definition) is 2. The van der Waals surface area contributed by atoms with Gasteiger partial charge in [-0.1, -0.05) is 6.92 Å². The van der Waals surface area contributed by atoms with Crippen molar-refractivity contribution >= 4 is 12.6 Å². The van der Waals surface area contributed by atoms with Crippen molar-refractivity contribution in [3.8, 4) is 5.75 Å². The lowest BCUT2D eigenvalue weighted by Gasteiger charge is -2.04. The highest BCUT2D eigenvalue weighted by atomic mass is 32.1. The Morgan fingerprint density at radius 3 is 2.64 bits per heavy atom. The lowest BCUT2D eigenvalue weighted by Crippen LogP contribution is -1.84. The summed E-state index contributed by atoms with van der Waals surface area (Å²) in [6, 6.07) is 3.66. The Labute approximate surface area is 72.5 Å². The second kappa shape index (κ2) is 3.18. The number of hydrogen-bond acceptors (Lipinski definition) is 2. The van der Waals surface area contributed by atoms with Gasteiger partial charge >= 0.3 is 0 Å². The molecule has 0 aliphatic carbocycles. The quantitative estimate of drug-likeness (QED) is 0.617. The first-order valence-electron chi connectivity index (χ1n) is 3.66. The van der Waals surface area contributed by atoms with Gasteiger partial charge in [0, 0.05) is 4.90 Å². The van der Waals surface area contributed by atoms with E-state index in [0.29, 0.717) is 5.75 Å². The normalized spacial score (nSPS) is 10.1. The molecule has 1 nitrogen and oxygen atoms in total. The maximum absolute atomic E-state index is 9.32. The third-order valence-electron chi connectivity index (χ3n) is 1.78. The second-order valence-corrected chi connectivity index (χ2v) is 3.10. The average Bonchev–Trinajstić information content (AvgIpc) is 1.97. The van der Waals surface area contributed by atoms with Gasteiger partial charge in [-0.2, -0.15) is 0 Å². The zero-order valence-electron chi connectivity index (χ0n) is 6.76. The number of aromatic hydroxyl groups is 1. The van der Waals surface area contributed by atoms with E-state index < -0.39 is 0 Å². The summed E-state index contributed by atoms with van der Waals surface area (Å²) in [4.78, 5) is 0.961. The molecule has 0 fully saturated rings. The van der Waals surface area contributed by atoms with Crippen LogP contribution >= 0.6 is 12.6 Å². The maximum atomic E-state index is 9.32. The summed E-state index contributed by atoms with van der Waals surface area (Å²) in [7, 11) is 0. The van der Waals surface area contributed by atoms with Crippen molar-refractivity contribution in [3.63, 3.8) is 0 Å². The number of benzene rings is 1. The first kappa shape index (κ1) is 8.47. The maximum Gasteiger partial charge on any atom is 0.118 e. The van der Waals surface area contributed by atoms with Crippen LogP contribution in [0.15, 0.2) is 17.0 Å². The molecule has 0 unspecified atom stereocenters. The van der Waals surface area contributed by atoms with E-state index in [9.17, 15) is 5.11 Å². The van der Waals surface area contributed by atoms with Crippen molar-refractivity contribution in [2.45, 2.75) is 25.2 Å². The molecule has 0 atom stereocenters. The van der Waals surface area contributed by atoms with Gasteiger partial charge in [0.2, 0.25) is 0 Å². The second-order valence-electron chi connectivity index (χ2n) is 2.62. The van der Waals surface area contributed by atoms with Gasteiger partial charge in [0.1, 0.15) is 5.75 Å². The summed E-state index contributed by atoms with van der Waals surface area (Å²) in [5.74, 6) is 0.361. The Morgan fingerprint density at radius 1 is 1.45 bits per heavy atom. The molecule has 0 amide bonds. The molecule has 0 heterocycles. The van der Waals surface area contributed by atoms with E-state index in [1.165, 1.54) is 0 Å². The van der Waals surface area contributed by atoms with Crippen LogP contribution in [0.3, 0.4) is 0 Å². The molecule has 0 spiro atoms. The van der Waals surface area contributed by atoms with E-state index in [1.54, 1.807) is 6.07 Å². The first-order chi connectivity index (χ1) is 5.15. The lowest BCUT2D eigenvalue weighted by atomic mass is 10.1. The molecule has 0 saturated carbocycles. The van der Waals surface area contributed by atoms with Crippen molar-refractivity contribution in [1.29, 1.82) is 0 Å². The largest absolute Gasteiger partial charge is 0.508 e. The number of thiol groups is 1. The van der Waals surface area contributed by atoms with Crippen LogP contribution in [0.1, 0.15) is 18.1 Å². The van der Waals surface area contributed by atoms with Gasteiger partial charge in [-0.3, -0.25) is 0 Å². The highest BCUT2D eigenvalue weighted by Gasteiger charge is 2.01. The van der Waals surface area contributed by atoms with Gasteiger partial charge in [-0.15, -0.1) is 12.6 Å². The van der Waals surface area contributed by atoms with Crippen LogP contribution in [-0.4, -0.2) is 5.11 Å². The molecule has 0 radical (unpaired) electrons. The molecule has 0 saturated heterocycles. The zero-order chi connectivity index (χ0) is 8.43. The summed E-state index contributed by atoms with van der Waals surface area (Å²) < 4.78 is 0. The van der Waals surface area contributed by atoms with E-state index in [-0.39, 0.29) is 0 Å². The number of rotatable bonds is 1.